The summed E-state index contributed by atoms with van der Waals surface area (Å²) in [5.74, 6) is 0.422. The Bertz CT molecular complexity index is 521. The fraction of sp³-hybridized carbons (Fsp3) is 0.769. The molecule has 0 amide bonds. The molecule has 0 radical (unpaired) electrons. The van der Waals surface area contributed by atoms with E-state index < -0.39 is 10.0 Å². The summed E-state index contributed by atoms with van der Waals surface area (Å²) in [5, 5.41) is 12.8. The average Bonchev–Trinajstić information content (AvgIpc) is 2.89. The molecule has 0 aliphatic heterocycles. The second-order valence-electron chi connectivity index (χ2n) is 5.47. The molecule has 2 rings (SSSR count). The minimum atomic E-state index is -3.52. The maximum absolute atomic E-state index is 12.3. The number of hydrogen-bond donors (Lipinski definition) is 2. The highest BCUT2D eigenvalue weighted by Crippen LogP contribution is 2.27. The summed E-state index contributed by atoms with van der Waals surface area (Å²) in [4.78, 5) is 0.161. The Morgan fingerprint density at radius 3 is 2.80 bits per heavy atom. The lowest BCUT2D eigenvalue weighted by Gasteiger charge is -2.27. The summed E-state index contributed by atoms with van der Waals surface area (Å²) < 4.78 is 28.7. The van der Waals surface area contributed by atoms with Crippen LogP contribution in [0.25, 0.3) is 0 Å². The van der Waals surface area contributed by atoms with E-state index in [2.05, 4.69) is 9.82 Å². The fourth-order valence-electron chi connectivity index (χ4n) is 2.75. The van der Waals surface area contributed by atoms with Gasteiger partial charge in [0.2, 0.25) is 10.0 Å². The Labute approximate surface area is 120 Å². The van der Waals surface area contributed by atoms with Crippen LogP contribution in [0, 0.1) is 5.92 Å². The topological polar surface area (TPSA) is 84.2 Å². The van der Waals surface area contributed by atoms with Crippen LogP contribution in [-0.2, 0) is 16.6 Å². The maximum Gasteiger partial charge on any atom is 0.243 e. The predicted octanol–water partition coefficient (Wildman–Crippen LogP) is 1.12. The van der Waals surface area contributed by atoms with Crippen LogP contribution in [0.15, 0.2) is 17.3 Å². The van der Waals surface area contributed by atoms with Gasteiger partial charge in [-0.2, -0.15) is 5.10 Å². The average molecular weight is 301 g/mol. The number of nitrogens with one attached hydrogen (secondary N) is 1. The SMILES string of the molecule is CC(NS(=O)(=O)c1cnn(CCO)c1)C1CCCCC1. The minimum absolute atomic E-state index is 0.0542. The summed E-state index contributed by atoms with van der Waals surface area (Å²) in [6.45, 7) is 2.17. The molecule has 2 N–H and O–H groups in total. The number of aliphatic hydroxyl groups excluding tert-OH is 1. The smallest absolute Gasteiger partial charge is 0.243 e. The third-order valence-electron chi connectivity index (χ3n) is 3.95. The number of aliphatic hydroxyl groups is 1. The quantitative estimate of drug-likeness (QED) is 0.825. The first-order valence-electron chi connectivity index (χ1n) is 7.18. The zero-order chi connectivity index (χ0) is 14.6. The zero-order valence-electron chi connectivity index (χ0n) is 11.8. The molecule has 6 nitrogen and oxygen atoms in total. The second kappa shape index (κ2) is 6.69. The van der Waals surface area contributed by atoms with Crippen LogP contribution in [0.4, 0.5) is 0 Å². The van der Waals surface area contributed by atoms with Crippen molar-refractivity contribution in [1.82, 2.24) is 14.5 Å². The summed E-state index contributed by atoms with van der Waals surface area (Å²) in [6.07, 6.45) is 8.58. The third kappa shape index (κ3) is 3.80. The molecule has 1 atom stereocenters. The van der Waals surface area contributed by atoms with Crippen LogP contribution >= 0.6 is 0 Å². The Hall–Kier alpha value is -0.920. The van der Waals surface area contributed by atoms with E-state index in [1.807, 2.05) is 6.92 Å². The van der Waals surface area contributed by atoms with Crippen LogP contribution in [0.2, 0.25) is 0 Å². The van der Waals surface area contributed by atoms with Gasteiger partial charge in [-0.05, 0) is 25.7 Å². The van der Waals surface area contributed by atoms with Crippen molar-refractivity contribution in [1.29, 1.82) is 0 Å². The molecular formula is C13H23N3O3S. The Morgan fingerprint density at radius 1 is 1.45 bits per heavy atom. The van der Waals surface area contributed by atoms with Crippen molar-refractivity contribution in [3.8, 4) is 0 Å². The van der Waals surface area contributed by atoms with E-state index in [-0.39, 0.29) is 17.5 Å². The lowest BCUT2D eigenvalue weighted by Crippen LogP contribution is -2.38. The summed E-state index contributed by atoms with van der Waals surface area (Å²) >= 11 is 0. The molecule has 0 saturated heterocycles. The molecular weight excluding hydrogens is 278 g/mol. The fourth-order valence-corrected chi connectivity index (χ4v) is 4.02. The highest BCUT2D eigenvalue weighted by Gasteiger charge is 2.25. The van der Waals surface area contributed by atoms with E-state index in [1.165, 1.54) is 36.3 Å². The van der Waals surface area contributed by atoms with Crippen molar-refractivity contribution >= 4 is 10.0 Å². The Morgan fingerprint density at radius 2 is 2.15 bits per heavy atom. The van der Waals surface area contributed by atoms with Gasteiger partial charge in [0.05, 0.1) is 19.3 Å². The van der Waals surface area contributed by atoms with Crippen LogP contribution in [0.3, 0.4) is 0 Å². The number of rotatable bonds is 6. The molecule has 1 aromatic heterocycles. The van der Waals surface area contributed by atoms with E-state index in [4.69, 9.17) is 5.11 Å². The van der Waals surface area contributed by atoms with Gasteiger partial charge in [-0.3, -0.25) is 4.68 Å². The standard InChI is InChI=1S/C13H23N3O3S/c1-11(12-5-3-2-4-6-12)15-20(18,19)13-9-14-16(10-13)7-8-17/h9-12,15,17H,2-8H2,1H3. The lowest BCUT2D eigenvalue weighted by atomic mass is 9.85. The van der Waals surface area contributed by atoms with Crippen LogP contribution in [0.1, 0.15) is 39.0 Å². The van der Waals surface area contributed by atoms with E-state index >= 15 is 0 Å². The van der Waals surface area contributed by atoms with Gasteiger partial charge in [-0.1, -0.05) is 19.3 Å². The number of aromatic nitrogens is 2. The van der Waals surface area contributed by atoms with Crippen molar-refractivity contribution in [3.05, 3.63) is 12.4 Å². The van der Waals surface area contributed by atoms with Crippen LogP contribution in [0.5, 0.6) is 0 Å². The van der Waals surface area contributed by atoms with Gasteiger partial charge in [0, 0.05) is 12.2 Å². The highest BCUT2D eigenvalue weighted by atomic mass is 32.2. The first kappa shape index (κ1) is 15.5. The minimum Gasteiger partial charge on any atom is -0.394 e. The van der Waals surface area contributed by atoms with Crippen LogP contribution in [-0.4, -0.2) is 36.0 Å². The monoisotopic (exact) mass is 301 g/mol. The third-order valence-corrected chi connectivity index (χ3v) is 5.46. The van der Waals surface area contributed by atoms with Crippen molar-refractivity contribution in [2.75, 3.05) is 6.61 Å². The first-order valence-corrected chi connectivity index (χ1v) is 8.67. The van der Waals surface area contributed by atoms with E-state index in [0.717, 1.165) is 12.8 Å². The van der Waals surface area contributed by atoms with E-state index in [0.29, 0.717) is 12.5 Å². The van der Waals surface area contributed by atoms with Gasteiger partial charge in [0.1, 0.15) is 4.90 Å². The van der Waals surface area contributed by atoms with Crippen LogP contribution < -0.4 is 4.72 Å². The van der Waals surface area contributed by atoms with E-state index in [1.54, 1.807) is 0 Å². The lowest BCUT2D eigenvalue weighted by molar-refractivity contribution is 0.269. The molecule has 1 fully saturated rings. The second-order valence-corrected chi connectivity index (χ2v) is 7.18. The normalized spacial score (nSPS) is 19.1. The molecule has 1 heterocycles. The van der Waals surface area contributed by atoms with Gasteiger partial charge in [-0.25, -0.2) is 13.1 Å². The first-order chi connectivity index (χ1) is 9.53. The maximum atomic E-state index is 12.3. The number of hydrogen-bond acceptors (Lipinski definition) is 4. The molecule has 1 aliphatic rings. The van der Waals surface area contributed by atoms with Crippen molar-refractivity contribution in [2.45, 2.75) is 56.5 Å². The number of nitrogens with zero attached hydrogens (tertiary/aromatic N) is 2. The van der Waals surface area contributed by atoms with Gasteiger partial charge in [-0.15, -0.1) is 0 Å². The van der Waals surface area contributed by atoms with Gasteiger partial charge < -0.3 is 5.11 Å². The molecule has 1 saturated carbocycles. The largest absolute Gasteiger partial charge is 0.394 e. The molecule has 0 spiro atoms. The van der Waals surface area contributed by atoms with Crippen molar-refractivity contribution in [2.24, 2.45) is 5.92 Å². The van der Waals surface area contributed by atoms with Gasteiger partial charge in [0.25, 0.3) is 0 Å². The summed E-state index contributed by atoms with van der Waals surface area (Å²) in [6, 6.07) is -0.0542. The molecule has 1 aliphatic carbocycles. The predicted molar refractivity (Wildman–Crippen MR) is 75.7 cm³/mol. The molecule has 0 bridgehead atoms. The molecule has 114 valence electrons. The summed E-state index contributed by atoms with van der Waals surface area (Å²) in [5.41, 5.74) is 0. The molecule has 20 heavy (non-hydrogen) atoms. The van der Waals surface area contributed by atoms with Crippen molar-refractivity contribution in [3.63, 3.8) is 0 Å². The van der Waals surface area contributed by atoms with Gasteiger partial charge in [0.15, 0.2) is 0 Å². The molecule has 1 unspecified atom stereocenters. The highest BCUT2D eigenvalue weighted by molar-refractivity contribution is 7.89. The molecule has 0 aromatic carbocycles. The van der Waals surface area contributed by atoms with Crippen molar-refractivity contribution < 1.29 is 13.5 Å². The van der Waals surface area contributed by atoms with E-state index in [9.17, 15) is 8.42 Å². The van der Waals surface area contributed by atoms with Gasteiger partial charge >= 0.3 is 0 Å². The Kier molecular flexibility index (Phi) is 5.17. The molecule has 7 heteroatoms. The zero-order valence-corrected chi connectivity index (χ0v) is 12.6. The molecule has 1 aromatic rings. The number of sulfonamides is 1. The summed E-state index contributed by atoms with van der Waals surface area (Å²) in [7, 11) is -3.52. The Balaban J connectivity index is 2.01.